The third kappa shape index (κ3) is 7.22. The summed E-state index contributed by atoms with van der Waals surface area (Å²) in [5.74, 6) is 1.20. The molecule has 3 aromatic rings. The van der Waals surface area contributed by atoms with E-state index in [1.807, 2.05) is 26.0 Å². The van der Waals surface area contributed by atoms with Crippen molar-refractivity contribution in [2.45, 2.75) is 33.4 Å². The molecule has 0 amide bonds. The number of anilines is 1. The minimum absolute atomic E-state index is 0.0814. The lowest BCUT2D eigenvalue weighted by atomic mass is 10.2. The van der Waals surface area contributed by atoms with E-state index in [0.29, 0.717) is 28.8 Å². The Kier molecular flexibility index (Phi) is 9.53. The molecule has 0 unspecified atom stereocenters. The topological polar surface area (TPSA) is 124 Å². The van der Waals surface area contributed by atoms with Gasteiger partial charge in [-0.25, -0.2) is 14.2 Å². The standard InChI is InChI=1S/C23H25ClN6O4S/c1-3-18(6-5-7-19(4-2)34-20-14-25-35-28-20)26-21-27-22(32)29(12-13-31)23(33)30(21)15-16-8-10-17(24)11-9-16/h3-6,8-11,14,31H,7,12-13,15H2,1-2H3,(H,26,27,32)/b6-5?,18-3+,19-4+. The second kappa shape index (κ2) is 12.8. The Hall–Kier alpha value is -3.54. The van der Waals surface area contributed by atoms with Crippen LogP contribution in [-0.4, -0.2) is 34.6 Å². The molecule has 0 fully saturated rings. The number of nitrogens with zero attached hydrogens (tertiary/aromatic N) is 5. The molecule has 2 heterocycles. The molecule has 0 saturated heterocycles. The fourth-order valence-electron chi connectivity index (χ4n) is 3.03. The summed E-state index contributed by atoms with van der Waals surface area (Å²) in [4.78, 5) is 29.6. The molecule has 184 valence electrons. The molecule has 0 aliphatic rings. The minimum atomic E-state index is -0.750. The number of rotatable bonds is 11. The Labute approximate surface area is 210 Å². The van der Waals surface area contributed by atoms with Crippen molar-refractivity contribution in [1.82, 2.24) is 22.9 Å². The number of halogens is 1. The molecule has 1 aromatic carbocycles. The molecule has 3 rings (SSSR count). The Morgan fingerprint density at radius 3 is 2.60 bits per heavy atom. The van der Waals surface area contributed by atoms with Crippen LogP contribution in [-0.2, 0) is 13.1 Å². The van der Waals surface area contributed by atoms with E-state index in [1.54, 1.807) is 42.6 Å². The predicted octanol–water partition coefficient (Wildman–Crippen LogP) is 3.20. The largest absolute Gasteiger partial charge is 0.441 e. The van der Waals surface area contributed by atoms with Crippen molar-refractivity contribution in [2.75, 3.05) is 11.9 Å². The number of nitrogens with one attached hydrogen (secondary N) is 1. The highest BCUT2D eigenvalue weighted by Gasteiger charge is 2.14. The van der Waals surface area contributed by atoms with Crippen LogP contribution < -0.4 is 21.4 Å². The number of aromatic nitrogens is 5. The van der Waals surface area contributed by atoms with E-state index < -0.39 is 11.4 Å². The van der Waals surface area contributed by atoms with E-state index in [4.69, 9.17) is 16.3 Å². The van der Waals surface area contributed by atoms with Crippen LogP contribution in [0.25, 0.3) is 0 Å². The van der Waals surface area contributed by atoms with Crippen molar-refractivity contribution < 1.29 is 9.84 Å². The van der Waals surface area contributed by atoms with Crippen LogP contribution in [0.4, 0.5) is 5.95 Å². The van der Waals surface area contributed by atoms with Crippen molar-refractivity contribution in [3.63, 3.8) is 0 Å². The van der Waals surface area contributed by atoms with Gasteiger partial charge in [0.2, 0.25) is 5.95 Å². The highest BCUT2D eigenvalue weighted by atomic mass is 35.5. The summed E-state index contributed by atoms with van der Waals surface area (Å²) in [5, 5.41) is 12.9. The average molecular weight is 517 g/mol. The van der Waals surface area contributed by atoms with Gasteiger partial charge in [-0.15, -0.1) is 4.37 Å². The molecule has 0 saturated carbocycles. The Morgan fingerprint density at radius 1 is 1.20 bits per heavy atom. The first-order valence-corrected chi connectivity index (χ1v) is 11.8. The van der Waals surface area contributed by atoms with Crippen LogP contribution in [0.2, 0.25) is 5.02 Å². The van der Waals surface area contributed by atoms with E-state index in [0.717, 1.165) is 21.9 Å². The number of hydrogen-bond acceptors (Lipinski definition) is 9. The lowest BCUT2D eigenvalue weighted by Gasteiger charge is -2.16. The summed E-state index contributed by atoms with van der Waals surface area (Å²) >= 11 is 7.03. The lowest BCUT2D eigenvalue weighted by molar-refractivity contribution is 0.268. The third-order valence-electron chi connectivity index (χ3n) is 4.81. The SMILES string of the molecule is C/C=C(\C=CC/C(=C\C)Oc1cnsn1)Nc1nc(=O)n(CCO)c(=O)n1Cc1ccc(Cl)cc1. The number of allylic oxidation sites excluding steroid dienone is 4. The normalized spacial score (nSPS) is 12.3. The molecular formula is C23H25ClN6O4S. The first-order valence-electron chi connectivity index (χ1n) is 10.7. The van der Waals surface area contributed by atoms with Gasteiger partial charge in [0.15, 0.2) is 0 Å². The van der Waals surface area contributed by atoms with Crippen molar-refractivity contribution >= 4 is 29.3 Å². The molecule has 35 heavy (non-hydrogen) atoms. The summed E-state index contributed by atoms with van der Waals surface area (Å²) in [6.07, 6.45) is 9.31. The predicted molar refractivity (Wildman–Crippen MR) is 136 cm³/mol. The molecular weight excluding hydrogens is 492 g/mol. The van der Waals surface area contributed by atoms with Gasteiger partial charge >= 0.3 is 11.4 Å². The zero-order valence-corrected chi connectivity index (χ0v) is 20.8. The lowest BCUT2D eigenvalue weighted by Crippen LogP contribution is -2.43. The molecule has 2 aromatic heterocycles. The monoisotopic (exact) mass is 516 g/mol. The first-order chi connectivity index (χ1) is 16.9. The van der Waals surface area contributed by atoms with Gasteiger partial charge in [-0.2, -0.15) is 9.36 Å². The molecule has 0 spiro atoms. The summed E-state index contributed by atoms with van der Waals surface area (Å²) < 4.78 is 15.9. The molecule has 10 nitrogen and oxygen atoms in total. The molecule has 0 aliphatic carbocycles. The molecule has 0 bridgehead atoms. The summed E-state index contributed by atoms with van der Waals surface area (Å²) in [7, 11) is 0. The highest BCUT2D eigenvalue weighted by molar-refractivity contribution is 6.99. The molecule has 0 atom stereocenters. The maximum atomic E-state index is 13.1. The maximum Gasteiger partial charge on any atom is 0.355 e. The quantitative estimate of drug-likeness (QED) is 0.294. The molecule has 0 radical (unpaired) electrons. The fraction of sp³-hybridized carbons (Fsp3) is 0.261. The second-order valence-electron chi connectivity index (χ2n) is 7.17. The van der Waals surface area contributed by atoms with E-state index in [-0.39, 0.29) is 25.6 Å². The van der Waals surface area contributed by atoms with Crippen LogP contribution in [0.15, 0.2) is 75.8 Å². The fourth-order valence-corrected chi connectivity index (χ4v) is 3.50. The van der Waals surface area contributed by atoms with Crippen LogP contribution in [0.1, 0.15) is 25.8 Å². The van der Waals surface area contributed by atoms with Crippen LogP contribution >= 0.6 is 23.3 Å². The number of aliphatic hydroxyl groups is 1. The van der Waals surface area contributed by atoms with Gasteiger partial charge in [0.05, 0.1) is 31.4 Å². The number of benzene rings is 1. The minimum Gasteiger partial charge on any atom is -0.441 e. The van der Waals surface area contributed by atoms with Gasteiger partial charge in [0, 0.05) is 17.1 Å². The number of hydrogen-bond donors (Lipinski definition) is 2. The van der Waals surface area contributed by atoms with Gasteiger partial charge in [-0.3, -0.25) is 4.57 Å². The third-order valence-corrected chi connectivity index (χ3v) is 5.52. The van der Waals surface area contributed by atoms with Crippen LogP contribution in [0.5, 0.6) is 5.88 Å². The van der Waals surface area contributed by atoms with Gasteiger partial charge < -0.3 is 15.2 Å². The Morgan fingerprint density at radius 2 is 1.97 bits per heavy atom. The molecule has 12 heteroatoms. The number of ether oxygens (including phenoxy) is 1. The van der Waals surface area contributed by atoms with Crippen LogP contribution in [0, 0.1) is 0 Å². The van der Waals surface area contributed by atoms with Gasteiger partial charge in [0.25, 0.3) is 5.88 Å². The zero-order valence-electron chi connectivity index (χ0n) is 19.2. The maximum absolute atomic E-state index is 13.1. The van der Waals surface area contributed by atoms with E-state index in [1.165, 1.54) is 4.57 Å². The van der Waals surface area contributed by atoms with E-state index in [2.05, 4.69) is 19.0 Å². The van der Waals surface area contributed by atoms with Crippen molar-refractivity contribution in [3.8, 4) is 5.88 Å². The Balaban J connectivity index is 1.84. The highest BCUT2D eigenvalue weighted by Crippen LogP contribution is 2.15. The smallest absolute Gasteiger partial charge is 0.355 e. The van der Waals surface area contributed by atoms with E-state index >= 15 is 0 Å². The van der Waals surface area contributed by atoms with Gasteiger partial charge in [-0.1, -0.05) is 35.9 Å². The summed E-state index contributed by atoms with van der Waals surface area (Å²) in [6, 6.07) is 7.00. The zero-order chi connectivity index (χ0) is 25.2. The molecule has 2 N–H and O–H groups in total. The summed E-state index contributed by atoms with van der Waals surface area (Å²) in [6.45, 7) is 3.31. The van der Waals surface area contributed by atoms with Crippen molar-refractivity contribution in [2.24, 2.45) is 0 Å². The van der Waals surface area contributed by atoms with Gasteiger partial charge in [0.1, 0.15) is 12.0 Å². The Bertz CT molecular complexity index is 1330. The van der Waals surface area contributed by atoms with Gasteiger partial charge in [-0.05, 0) is 43.7 Å². The van der Waals surface area contributed by atoms with E-state index in [9.17, 15) is 14.7 Å². The average Bonchev–Trinajstić information content (AvgIpc) is 3.37. The summed E-state index contributed by atoms with van der Waals surface area (Å²) in [5.41, 5.74) is 0.0728. The van der Waals surface area contributed by atoms with Crippen LogP contribution in [0.3, 0.4) is 0 Å². The van der Waals surface area contributed by atoms with Crippen molar-refractivity contribution in [1.29, 1.82) is 0 Å². The number of aliphatic hydroxyl groups excluding tert-OH is 1. The first kappa shape index (κ1) is 26.1. The second-order valence-corrected chi connectivity index (χ2v) is 8.16. The molecule has 0 aliphatic heterocycles. The van der Waals surface area contributed by atoms with Crippen molar-refractivity contribution in [3.05, 3.63) is 97.8 Å².